The van der Waals surface area contributed by atoms with Gasteiger partial charge in [-0.3, -0.25) is 9.59 Å². The number of rotatable bonds is 4. The molecular weight excluding hydrogens is 264 g/mol. The Morgan fingerprint density at radius 3 is 2.52 bits per heavy atom. The molecule has 114 valence electrons. The van der Waals surface area contributed by atoms with Crippen LogP contribution in [0.2, 0.25) is 0 Å². The van der Waals surface area contributed by atoms with E-state index >= 15 is 0 Å². The largest absolute Gasteiger partial charge is 0.338 e. The van der Waals surface area contributed by atoms with Crippen LogP contribution >= 0.6 is 0 Å². The van der Waals surface area contributed by atoms with Crippen LogP contribution in [-0.2, 0) is 4.79 Å². The summed E-state index contributed by atoms with van der Waals surface area (Å²) in [5, 5.41) is 2.90. The van der Waals surface area contributed by atoms with Crippen molar-refractivity contribution >= 4 is 17.5 Å². The lowest BCUT2D eigenvalue weighted by Gasteiger charge is -2.33. The van der Waals surface area contributed by atoms with Gasteiger partial charge in [-0.15, -0.1) is 0 Å². The van der Waals surface area contributed by atoms with Gasteiger partial charge in [0.15, 0.2) is 0 Å². The fraction of sp³-hybridized carbons (Fsp3) is 0.529. The van der Waals surface area contributed by atoms with E-state index in [1.807, 2.05) is 32.0 Å². The van der Waals surface area contributed by atoms with Crippen molar-refractivity contribution in [2.45, 2.75) is 46.1 Å². The summed E-state index contributed by atoms with van der Waals surface area (Å²) in [6, 6.07) is 7.34. The van der Waals surface area contributed by atoms with Crippen LogP contribution in [0.5, 0.6) is 0 Å². The van der Waals surface area contributed by atoms with Gasteiger partial charge in [-0.1, -0.05) is 39.3 Å². The molecule has 0 fully saturated rings. The van der Waals surface area contributed by atoms with Crippen LogP contribution < -0.4 is 10.2 Å². The van der Waals surface area contributed by atoms with Gasteiger partial charge < -0.3 is 10.2 Å². The van der Waals surface area contributed by atoms with E-state index in [4.69, 9.17) is 0 Å². The Hall–Kier alpha value is -1.84. The zero-order valence-electron chi connectivity index (χ0n) is 13.3. The molecule has 2 rings (SSSR count). The highest BCUT2D eigenvalue weighted by atomic mass is 16.2. The molecule has 1 N–H and O–H groups in total. The lowest BCUT2D eigenvalue weighted by Crippen LogP contribution is -2.56. The number of benzene rings is 1. The smallest absolute Gasteiger partial charge is 0.254 e. The average Bonchev–Trinajstić information content (AvgIpc) is 2.57. The van der Waals surface area contributed by atoms with E-state index in [9.17, 15) is 9.59 Å². The lowest BCUT2D eigenvalue weighted by molar-refractivity contribution is -0.124. The fourth-order valence-corrected chi connectivity index (χ4v) is 2.54. The first kappa shape index (κ1) is 15.5. The van der Waals surface area contributed by atoms with Crippen LogP contribution in [0.4, 0.5) is 5.69 Å². The molecule has 2 unspecified atom stereocenters. The topological polar surface area (TPSA) is 49.4 Å². The first-order valence-electron chi connectivity index (χ1n) is 7.66. The summed E-state index contributed by atoms with van der Waals surface area (Å²) >= 11 is 0. The van der Waals surface area contributed by atoms with Gasteiger partial charge in [0.05, 0.1) is 11.3 Å². The van der Waals surface area contributed by atoms with Crippen molar-refractivity contribution in [3.63, 3.8) is 0 Å². The van der Waals surface area contributed by atoms with Crippen LogP contribution in [0, 0.1) is 5.92 Å². The van der Waals surface area contributed by atoms with Crippen molar-refractivity contribution in [3.8, 4) is 0 Å². The van der Waals surface area contributed by atoms with Crippen LogP contribution in [0.15, 0.2) is 24.3 Å². The number of nitrogens with zero attached hydrogens (tertiary/aromatic N) is 1. The van der Waals surface area contributed by atoms with Gasteiger partial charge in [0.2, 0.25) is 0 Å². The molecule has 0 saturated heterocycles. The summed E-state index contributed by atoms with van der Waals surface area (Å²) in [5.41, 5.74) is 0.452. The molecule has 1 heterocycles. The molecule has 2 atom stereocenters. The van der Waals surface area contributed by atoms with E-state index in [-0.39, 0.29) is 11.8 Å². The second-order valence-electron chi connectivity index (χ2n) is 6.09. The summed E-state index contributed by atoms with van der Waals surface area (Å²) in [6.45, 7) is 8.61. The highest BCUT2D eigenvalue weighted by Gasteiger charge is 2.41. The zero-order valence-corrected chi connectivity index (χ0v) is 13.3. The minimum absolute atomic E-state index is 0.0244. The molecule has 1 aromatic rings. The Balaban J connectivity index is 2.53. The van der Waals surface area contributed by atoms with Crippen molar-refractivity contribution in [1.29, 1.82) is 0 Å². The predicted octanol–water partition coefficient (Wildman–Crippen LogP) is 2.98. The number of hydrogen-bond acceptors (Lipinski definition) is 2. The molecule has 1 aromatic carbocycles. The second-order valence-corrected chi connectivity index (χ2v) is 6.09. The van der Waals surface area contributed by atoms with Crippen molar-refractivity contribution in [2.24, 2.45) is 5.92 Å². The summed E-state index contributed by atoms with van der Waals surface area (Å²) in [4.78, 5) is 27.2. The zero-order chi connectivity index (χ0) is 15.6. The Morgan fingerprint density at radius 2 is 1.90 bits per heavy atom. The number of anilines is 1. The number of carbonyl (C=O) groups is 2. The van der Waals surface area contributed by atoms with E-state index < -0.39 is 5.54 Å². The van der Waals surface area contributed by atoms with Gasteiger partial charge in [0.25, 0.3) is 11.8 Å². The molecule has 21 heavy (non-hydrogen) atoms. The summed E-state index contributed by atoms with van der Waals surface area (Å²) < 4.78 is 0. The third-order valence-corrected chi connectivity index (χ3v) is 4.44. The predicted molar refractivity (Wildman–Crippen MR) is 84.4 cm³/mol. The van der Waals surface area contributed by atoms with E-state index in [1.165, 1.54) is 0 Å². The molecule has 1 aliphatic rings. The Morgan fingerprint density at radius 1 is 1.24 bits per heavy atom. The fourth-order valence-electron chi connectivity index (χ4n) is 2.54. The maximum atomic E-state index is 13.0. The number of nitrogens with one attached hydrogen (secondary N) is 1. The number of fused-ring (bicyclic) bond motifs is 1. The Bertz CT molecular complexity index is 555. The highest BCUT2D eigenvalue weighted by molar-refractivity contribution is 6.12. The minimum atomic E-state index is -0.844. The van der Waals surface area contributed by atoms with Crippen LogP contribution in [0.25, 0.3) is 0 Å². The third-order valence-electron chi connectivity index (χ3n) is 4.44. The number of amides is 2. The molecular formula is C17H24N2O2. The van der Waals surface area contributed by atoms with Crippen LogP contribution in [0.3, 0.4) is 0 Å². The quantitative estimate of drug-likeness (QED) is 0.926. The molecule has 0 spiro atoms. The monoisotopic (exact) mass is 288 g/mol. The van der Waals surface area contributed by atoms with Crippen molar-refractivity contribution < 1.29 is 9.59 Å². The van der Waals surface area contributed by atoms with Crippen molar-refractivity contribution in [3.05, 3.63) is 29.8 Å². The van der Waals surface area contributed by atoms with Gasteiger partial charge in [-0.25, -0.2) is 0 Å². The first-order valence-corrected chi connectivity index (χ1v) is 7.66. The van der Waals surface area contributed by atoms with Gasteiger partial charge in [-0.05, 0) is 31.4 Å². The molecule has 4 nitrogen and oxygen atoms in total. The summed E-state index contributed by atoms with van der Waals surface area (Å²) in [5.74, 6) is 0.190. The molecule has 0 radical (unpaired) electrons. The average molecular weight is 288 g/mol. The maximum Gasteiger partial charge on any atom is 0.254 e. The molecule has 1 aliphatic heterocycles. The van der Waals surface area contributed by atoms with E-state index in [0.717, 1.165) is 12.1 Å². The maximum absolute atomic E-state index is 13.0. The second kappa shape index (κ2) is 5.88. The molecule has 0 aliphatic carbocycles. The Labute approximate surface area is 126 Å². The van der Waals surface area contributed by atoms with E-state index in [2.05, 4.69) is 19.2 Å². The molecule has 0 saturated carbocycles. The summed E-state index contributed by atoms with van der Waals surface area (Å²) in [7, 11) is 0. The molecule has 2 amide bonds. The first-order chi connectivity index (χ1) is 9.92. The minimum Gasteiger partial charge on any atom is -0.338 e. The van der Waals surface area contributed by atoms with Gasteiger partial charge in [0, 0.05) is 6.54 Å². The van der Waals surface area contributed by atoms with Crippen molar-refractivity contribution in [1.82, 2.24) is 5.32 Å². The number of para-hydroxylation sites is 1. The standard InChI is InChI=1S/C17H24N2O2/c1-5-12(3)11-19-14-10-8-7-9-13(14)15(20)18-17(4,6-2)16(19)21/h7-10,12H,5-6,11H2,1-4H3,(H,18,20). The number of carbonyl (C=O) groups excluding carboxylic acids is 2. The normalized spacial score (nSPS) is 23.3. The van der Waals surface area contributed by atoms with Gasteiger partial charge in [0.1, 0.15) is 5.54 Å². The van der Waals surface area contributed by atoms with Crippen LogP contribution in [0.1, 0.15) is 50.9 Å². The van der Waals surface area contributed by atoms with Crippen molar-refractivity contribution in [2.75, 3.05) is 11.4 Å². The van der Waals surface area contributed by atoms with E-state index in [1.54, 1.807) is 11.0 Å². The SMILES string of the molecule is CCC(C)CN1C(=O)C(C)(CC)NC(=O)c2ccccc21. The third kappa shape index (κ3) is 2.80. The van der Waals surface area contributed by atoms with Gasteiger partial charge >= 0.3 is 0 Å². The van der Waals surface area contributed by atoms with Gasteiger partial charge in [-0.2, -0.15) is 0 Å². The number of hydrogen-bond donors (Lipinski definition) is 1. The Kier molecular flexibility index (Phi) is 4.35. The molecule has 0 aromatic heterocycles. The molecule has 0 bridgehead atoms. The highest BCUT2D eigenvalue weighted by Crippen LogP contribution is 2.29. The van der Waals surface area contributed by atoms with Crippen LogP contribution in [-0.4, -0.2) is 23.9 Å². The van der Waals surface area contributed by atoms with E-state index in [0.29, 0.717) is 24.4 Å². The molecule has 4 heteroatoms. The lowest BCUT2D eigenvalue weighted by atomic mass is 9.96. The summed E-state index contributed by atoms with van der Waals surface area (Å²) in [6.07, 6.45) is 1.57.